The van der Waals surface area contributed by atoms with Crippen molar-refractivity contribution in [1.29, 1.82) is 0 Å². The first-order valence-corrected chi connectivity index (χ1v) is 8.08. The first-order chi connectivity index (χ1) is 9.85. The molecule has 20 heavy (non-hydrogen) atoms. The van der Waals surface area contributed by atoms with Crippen molar-refractivity contribution in [3.8, 4) is 0 Å². The maximum Gasteiger partial charge on any atom is 0.136 e. The van der Waals surface area contributed by atoms with Gasteiger partial charge in [-0.2, -0.15) is 0 Å². The summed E-state index contributed by atoms with van der Waals surface area (Å²) in [6.45, 7) is 2.35. The summed E-state index contributed by atoms with van der Waals surface area (Å²) >= 11 is 6.02. The number of nitrogens with zero attached hydrogens (tertiary/aromatic N) is 2. The largest absolute Gasteiger partial charge is 0.356 e. The van der Waals surface area contributed by atoms with E-state index >= 15 is 0 Å². The molecule has 3 heteroatoms. The van der Waals surface area contributed by atoms with Crippen LogP contribution in [0.25, 0.3) is 10.8 Å². The van der Waals surface area contributed by atoms with Gasteiger partial charge >= 0.3 is 0 Å². The highest BCUT2D eigenvalue weighted by atomic mass is 35.5. The normalized spacial score (nSPS) is 25.4. The van der Waals surface area contributed by atoms with Gasteiger partial charge in [0.2, 0.25) is 0 Å². The van der Waals surface area contributed by atoms with Crippen molar-refractivity contribution in [3.05, 3.63) is 36.0 Å². The number of fused-ring (bicyclic) bond motifs is 2. The lowest BCUT2D eigenvalue weighted by Crippen LogP contribution is -2.22. The third kappa shape index (κ3) is 1.98. The maximum absolute atomic E-state index is 6.02. The molecule has 1 aliphatic heterocycles. The Labute approximate surface area is 124 Å². The minimum Gasteiger partial charge on any atom is -0.356 e. The number of aromatic nitrogens is 1. The van der Waals surface area contributed by atoms with Crippen molar-refractivity contribution >= 4 is 28.2 Å². The summed E-state index contributed by atoms with van der Waals surface area (Å²) in [5, 5.41) is 2.52. The lowest BCUT2D eigenvalue weighted by Gasteiger charge is -2.21. The number of halogens is 1. The average molecular weight is 287 g/mol. The van der Waals surface area contributed by atoms with E-state index < -0.39 is 0 Å². The Morgan fingerprint density at radius 1 is 1.15 bits per heavy atom. The van der Waals surface area contributed by atoms with Gasteiger partial charge < -0.3 is 4.90 Å². The minimum absolute atomic E-state index is 0.485. The van der Waals surface area contributed by atoms with E-state index in [2.05, 4.69) is 35.2 Å². The summed E-state index contributed by atoms with van der Waals surface area (Å²) in [4.78, 5) is 7.32. The molecule has 0 N–H and O–H groups in total. The van der Waals surface area contributed by atoms with E-state index in [1.165, 1.54) is 43.1 Å². The first-order valence-electron chi connectivity index (χ1n) is 7.55. The molecule has 2 unspecified atom stereocenters. The Bertz CT molecular complexity index is 628. The number of benzene rings is 1. The van der Waals surface area contributed by atoms with Gasteiger partial charge in [-0.3, -0.25) is 0 Å². The van der Waals surface area contributed by atoms with Crippen molar-refractivity contribution in [3.63, 3.8) is 0 Å². The van der Waals surface area contributed by atoms with Crippen molar-refractivity contribution in [2.45, 2.75) is 25.1 Å². The summed E-state index contributed by atoms with van der Waals surface area (Å²) < 4.78 is 0. The van der Waals surface area contributed by atoms with Crippen LogP contribution in [0.3, 0.4) is 0 Å². The van der Waals surface area contributed by atoms with Crippen LogP contribution in [0.5, 0.6) is 0 Å². The summed E-state index contributed by atoms with van der Waals surface area (Å²) in [5.74, 6) is 3.40. The van der Waals surface area contributed by atoms with E-state index in [4.69, 9.17) is 16.6 Å². The Morgan fingerprint density at radius 2 is 1.90 bits per heavy atom. The fourth-order valence-corrected chi connectivity index (χ4v) is 4.09. The zero-order chi connectivity index (χ0) is 13.5. The molecule has 2 fully saturated rings. The summed E-state index contributed by atoms with van der Waals surface area (Å²) in [6, 6.07) is 10.6. The van der Waals surface area contributed by atoms with Crippen molar-refractivity contribution < 1.29 is 0 Å². The molecule has 1 saturated carbocycles. The van der Waals surface area contributed by atoms with E-state index in [0.29, 0.717) is 5.88 Å². The van der Waals surface area contributed by atoms with Gasteiger partial charge in [-0.05, 0) is 36.1 Å². The molecule has 0 amide bonds. The Balaban J connectivity index is 1.78. The van der Waals surface area contributed by atoms with Gasteiger partial charge in [0.15, 0.2) is 0 Å². The topological polar surface area (TPSA) is 16.1 Å². The minimum atomic E-state index is 0.485. The van der Waals surface area contributed by atoms with E-state index in [-0.39, 0.29) is 0 Å². The van der Waals surface area contributed by atoms with E-state index in [1.54, 1.807) is 0 Å². The molecule has 1 aliphatic carbocycles. The molecule has 4 rings (SSSR count). The number of pyridine rings is 1. The van der Waals surface area contributed by atoms with Crippen molar-refractivity contribution in [2.24, 2.45) is 11.8 Å². The summed E-state index contributed by atoms with van der Waals surface area (Å²) in [7, 11) is 0. The van der Waals surface area contributed by atoms with E-state index in [0.717, 1.165) is 23.3 Å². The predicted octanol–water partition coefficient (Wildman–Crippen LogP) is 4.21. The van der Waals surface area contributed by atoms with Crippen LogP contribution < -0.4 is 4.90 Å². The second-order valence-corrected chi connectivity index (χ2v) is 6.42. The highest BCUT2D eigenvalue weighted by molar-refractivity contribution is 6.17. The molecule has 1 saturated heterocycles. The molecule has 0 radical (unpaired) electrons. The zero-order valence-electron chi connectivity index (χ0n) is 11.6. The van der Waals surface area contributed by atoms with Gasteiger partial charge in [0, 0.05) is 18.5 Å². The van der Waals surface area contributed by atoms with Crippen LogP contribution in [-0.4, -0.2) is 18.1 Å². The molecular formula is C17H19ClN2. The summed E-state index contributed by atoms with van der Waals surface area (Å²) in [6.07, 6.45) is 4.21. The zero-order valence-corrected chi connectivity index (χ0v) is 12.3. The number of anilines is 1. The molecule has 2 aromatic rings. The van der Waals surface area contributed by atoms with Crippen LogP contribution in [0.2, 0.25) is 0 Å². The van der Waals surface area contributed by atoms with Crippen LogP contribution >= 0.6 is 11.6 Å². The molecule has 2 atom stereocenters. The van der Waals surface area contributed by atoms with E-state index in [9.17, 15) is 0 Å². The Hall–Kier alpha value is -1.28. The second kappa shape index (κ2) is 4.92. The number of alkyl halides is 1. The highest BCUT2D eigenvalue weighted by Crippen LogP contribution is 2.40. The van der Waals surface area contributed by atoms with Gasteiger partial charge in [0.25, 0.3) is 0 Å². The standard InChI is InChI=1S/C17H19ClN2/c18-9-15-8-12-4-1-2-7-16(12)17(19-15)20-10-13-5-3-6-14(13)11-20/h1-2,4,7-8,13-14H,3,5-6,9-11H2. The van der Waals surface area contributed by atoms with Crippen molar-refractivity contribution in [1.82, 2.24) is 4.98 Å². The van der Waals surface area contributed by atoms with Gasteiger partial charge in [-0.15, -0.1) is 11.6 Å². The first kappa shape index (κ1) is 12.5. The highest BCUT2D eigenvalue weighted by Gasteiger charge is 2.37. The quantitative estimate of drug-likeness (QED) is 0.769. The van der Waals surface area contributed by atoms with E-state index in [1.807, 2.05) is 0 Å². The molecule has 104 valence electrons. The molecule has 2 aliphatic rings. The van der Waals surface area contributed by atoms with Gasteiger partial charge in [-0.1, -0.05) is 30.7 Å². The molecule has 2 heterocycles. The van der Waals surface area contributed by atoms with Gasteiger partial charge in [-0.25, -0.2) is 4.98 Å². The van der Waals surface area contributed by atoms with Crippen LogP contribution in [-0.2, 0) is 5.88 Å². The van der Waals surface area contributed by atoms with Crippen LogP contribution in [0.15, 0.2) is 30.3 Å². The van der Waals surface area contributed by atoms with Crippen LogP contribution in [0, 0.1) is 11.8 Å². The molecule has 0 bridgehead atoms. The molecule has 2 nitrogen and oxygen atoms in total. The Morgan fingerprint density at radius 3 is 2.65 bits per heavy atom. The van der Waals surface area contributed by atoms with Crippen LogP contribution in [0.4, 0.5) is 5.82 Å². The monoisotopic (exact) mass is 286 g/mol. The average Bonchev–Trinajstić information content (AvgIpc) is 3.07. The fourth-order valence-electron chi connectivity index (χ4n) is 3.95. The number of hydrogen-bond acceptors (Lipinski definition) is 2. The lowest BCUT2D eigenvalue weighted by molar-refractivity contribution is 0.494. The van der Waals surface area contributed by atoms with Crippen LogP contribution in [0.1, 0.15) is 25.0 Å². The summed E-state index contributed by atoms with van der Waals surface area (Å²) in [5.41, 5.74) is 0.984. The fraction of sp³-hybridized carbons (Fsp3) is 0.471. The number of hydrogen-bond donors (Lipinski definition) is 0. The third-order valence-electron chi connectivity index (χ3n) is 4.94. The smallest absolute Gasteiger partial charge is 0.136 e. The van der Waals surface area contributed by atoms with Crippen molar-refractivity contribution in [2.75, 3.05) is 18.0 Å². The molecular weight excluding hydrogens is 268 g/mol. The maximum atomic E-state index is 6.02. The Kier molecular flexibility index (Phi) is 3.07. The van der Waals surface area contributed by atoms with Gasteiger partial charge in [0.1, 0.15) is 5.82 Å². The molecule has 1 aromatic heterocycles. The predicted molar refractivity (Wildman–Crippen MR) is 84.3 cm³/mol. The third-order valence-corrected chi connectivity index (χ3v) is 5.21. The molecule has 1 aromatic carbocycles. The molecule has 0 spiro atoms. The van der Waals surface area contributed by atoms with Gasteiger partial charge in [0.05, 0.1) is 11.6 Å². The second-order valence-electron chi connectivity index (χ2n) is 6.15. The SMILES string of the molecule is ClCc1cc2ccccc2c(N2CC3CCCC3C2)n1. The number of rotatable bonds is 2. The lowest BCUT2D eigenvalue weighted by atomic mass is 10.0.